The second-order valence-corrected chi connectivity index (χ2v) is 6.03. The summed E-state index contributed by atoms with van der Waals surface area (Å²) in [4.78, 5) is 23.9. The number of hydrogen-bond acceptors (Lipinski definition) is 4. The highest BCUT2D eigenvalue weighted by molar-refractivity contribution is 5.91. The molecule has 5 nitrogen and oxygen atoms in total. The molecule has 0 fully saturated rings. The van der Waals surface area contributed by atoms with Crippen LogP contribution < -0.4 is 10.1 Å². The standard InChI is InChI=1S/C21H25NO4/c1-3-25-19-13-11-18(12-14-19)21(24)26-15-20(23)22-16(2)9-10-17-7-5-4-6-8-17/h4-8,11-14,16H,3,9-10,15H2,1-2H3,(H,22,23). The number of nitrogens with one attached hydrogen (secondary N) is 1. The lowest BCUT2D eigenvalue weighted by Crippen LogP contribution is -2.36. The van der Waals surface area contributed by atoms with Crippen molar-refractivity contribution in [2.75, 3.05) is 13.2 Å². The minimum absolute atomic E-state index is 0.00637. The topological polar surface area (TPSA) is 64.6 Å². The lowest BCUT2D eigenvalue weighted by Gasteiger charge is -2.14. The van der Waals surface area contributed by atoms with Crippen molar-refractivity contribution in [3.05, 3.63) is 65.7 Å². The first-order chi connectivity index (χ1) is 12.6. The predicted molar refractivity (Wildman–Crippen MR) is 100 cm³/mol. The van der Waals surface area contributed by atoms with E-state index in [0.717, 1.165) is 12.8 Å². The maximum absolute atomic E-state index is 12.0. The number of carbonyl (C=O) groups excluding carboxylic acids is 2. The predicted octanol–water partition coefficient (Wildman–Crippen LogP) is 3.38. The zero-order valence-electron chi connectivity index (χ0n) is 15.2. The summed E-state index contributed by atoms with van der Waals surface area (Å²) in [5.41, 5.74) is 1.62. The van der Waals surface area contributed by atoms with Gasteiger partial charge in [-0.3, -0.25) is 4.79 Å². The van der Waals surface area contributed by atoms with Gasteiger partial charge in [-0.05, 0) is 56.5 Å². The van der Waals surface area contributed by atoms with Gasteiger partial charge < -0.3 is 14.8 Å². The summed E-state index contributed by atoms with van der Waals surface area (Å²) in [6.07, 6.45) is 1.71. The number of benzene rings is 2. The first-order valence-electron chi connectivity index (χ1n) is 8.81. The maximum Gasteiger partial charge on any atom is 0.338 e. The third-order valence-corrected chi connectivity index (χ3v) is 3.85. The Hall–Kier alpha value is -2.82. The molecule has 0 aromatic heterocycles. The van der Waals surface area contributed by atoms with Gasteiger partial charge in [0.05, 0.1) is 12.2 Å². The molecule has 0 radical (unpaired) electrons. The molecule has 0 spiro atoms. The first kappa shape index (κ1) is 19.5. The van der Waals surface area contributed by atoms with Crippen molar-refractivity contribution >= 4 is 11.9 Å². The minimum Gasteiger partial charge on any atom is -0.494 e. The highest BCUT2D eigenvalue weighted by Crippen LogP contribution is 2.12. The number of amides is 1. The van der Waals surface area contributed by atoms with Gasteiger partial charge in [-0.15, -0.1) is 0 Å². The largest absolute Gasteiger partial charge is 0.494 e. The molecule has 2 aromatic carbocycles. The molecular formula is C21H25NO4. The molecule has 0 saturated heterocycles. The summed E-state index contributed by atoms with van der Waals surface area (Å²) in [7, 11) is 0. The van der Waals surface area contributed by atoms with E-state index >= 15 is 0 Å². The minimum atomic E-state index is -0.528. The van der Waals surface area contributed by atoms with Crippen molar-refractivity contribution in [3.63, 3.8) is 0 Å². The second kappa shape index (κ2) is 10.2. The van der Waals surface area contributed by atoms with E-state index in [1.54, 1.807) is 24.3 Å². The Morgan fingerprint density at radius 2 is 1.73 bits per heavy atom. The Balaban J connectivity index is 1.70. The van der Waals surface area contributed by atoms with Crippen LogP contribution in [-0.2, 0) is 16.0 Å². The molecule has 0 bridgehead atoms. The quantitative estimate of drug-likeness (QED) is 0.701. The number of esters is 1. The summed E-state index contributed by atoms with van der Waals surface area (Å²) in [5, 5.41) is 2.85. The van der Waals surface area contributed by atoms with Crippen molar-refractivity contribution in [3.8, 4) is 5.75 Å². The molecular weight excluding hydrogens is 330 g/mol. The van der Waals surface area contributed by atoms with Gasteiger partial charge in [0.1, 0.15) is 5.75 Å². The van der Waals surface area contributed by atoms with Crippen molar-refractivity contribution in [1.82, 2.24) is 5.32 Å². The zero-order valence-corrected chi connectivity index (χ0v) is 15.2. The van der Waals surface area contributed by atoms with Crippen molar-refractivity contribution in [2.45, 2.75) is 32.7 Å². The number of rotatable bonds is 9. The summed E-state index contributed by atoms with van der Waals surface area (Å²) >= 11 is 0. The van der Waals surface area contributed by atoms with Gasteiger partial charge in [0.25, 0.3) is 5.91 Å². The van der Waals surface area contributed by atoms with E-state index in [0.29, 0.717) is 17.9 Å². The summed E-state index contributed by atoms with van der Waals surface area (Å²) in [5.74, 6) is -0.140. The lowest BCUT2D eigenvalue weighted by molar-refractivity contribution is -0.124. The molecule has 0 aliphatic carbocycles. The summed E-state index contributed by atoms with van der Waals surface area (Å²) in [6, 6.07) is 16.7. The molecule has 1 amide bonds. The summed E-state index contributed by atoms with van der Waals surface area (Å²) in [6.45, 7) is 4.10. The van der Waals surface area contributed by atoms with Crippen LogP contribution in [0.1, 0.15) is 36.2 Å². The van der Waals surface area contributed by atoms with Gasteiger partial charge in [0.2, 0.25) is 0 Å². The first-order valence-corrected chi connectivity index (χ1v) is 8.81. The fourth-order valence-corrected chi connectivity index (χ4v) is 2.48. The Labute approximate surface area is 154 Å². The van der Waals surface area contributed by atoms with Crippen LogP contribution in [0.15, 0.2) is 54.6 Å². The Kier molecular flexibility index (Phi) is 7.68. The monoisotopic (exact) mass is 355 g/mol. The normalized spacial score (nSPS) is 11.5. The molecule has 0 saturated carbocycles. The number of hydrogen-bond donors (Lipinski definition) is 1. The van der Waals surface area contributed by atoms with Gasteiger partial charge in [0.15, 0.2) is 6.61 Å². The van der Waals surface area contributed by atoms with E-state index in [2.05, 4.69) is 17.4 Å². The number of aryl methyl sites for hydroxylation is 1. The number of ether oxygens (including phenoxy) is 2. The zero-order chi connectivity index (χ0) is 18.8. The Morgan fingerprint density at radius 3 is 2.38 bits per heavy atom. The van der Waals surface area contributed by atoms with Gasteiger partial charge in [-0.2, -0.15) is 0 Å². The lowest BCUT2D eigenvalue weighted by atomic mass is 10.1. The Morgan fingerprint density at radius 1 is 1.04 bits per heavy atom. The van der Waals surface area contributed by atoms with E-state index < -0.39 is 5.97 Å². The van der Waals surface area contributed by atoms with Crippen LogP contribution >= 0.6 is 0 Å². The molecule has 1 atom stereocenters. The SMILES string of the molecule is CCOc1ccc(C(=O)OCC(=O)NC(C)CCc2ccccc2)cc1. The molecule has 1 unspecified atom stereocenters. The molecule has 5 heteroatoms. The van der Waals surface area contributed by atoms with Crippen molar-refractivity contribution in [2.24, 2.45) is 0 Å². The molecule has 2 rings (SSSR count). The molecule has 0 aliphatic rings. The van der Waals surface area contributed by atoms with Crippen LogP contribution in [0, 0.1) is 0 Å². The van der Waals surface area contributed by atoms with E-state index in [9.17, 15) is 9.59 Å². The average molecular weight is 355 g/mol. The van der Waals surface area contributed by atoms with Crippen LogP contribution in [0.4, 0.5) is 0 Å². The van der Waals surface area contributed by atoms with Gasteiger partial charge >= 0.3 is 5.97 Å². The third kappa shape index (κ3) is 6.59. The molecule has 0 heterocycles. The fourth-order valence-electron chi connectivity index (χ4n) is 2.48. The highest BCUT2D eigenvalue weighted by Gasteiger charge is 2.12. The molecule has 138 valence electrons. The van der Waals surface area contributed by atoms with Crippen LogP contribution in [0.3, 0.4) is 0 Å². The highest BCUT2D eigenvalue weighted by atomic mass is 16.5. The third-order valence-electron chi connectivity index (χ3n) is 3.85. The van der Waals surface area contributed by atoms with Crippen LogP contribution in [0.2, 0.25) is 0 Å². The van der Waals surface area contributed by atoms with Crippen LogP contribution in [0.5, 0.6) is 5.75 Å². The maximum atomic E-state index is 12.0. The fraction of sp³-hybridized carbons (Fsp3) is 0.333. The smallest absolute Gasteiger partial charge is 0.338 e. The molecule has 0 aliphatic heterocycles. The van der Waals surface area contributed by atoms with Crippen LogP contribution in [0.25, 0.3) is 0 Å². The molecule has 2 aromatic rings. The van der Waals surface area contributed by atoms with Crippen molar-refractivity contribution in [1.29, 1.82) is 0 Å². The Bertz CT molecular complexity index is 698. The van der Waals surface area contributed by atoms with E-state index in [4.69, 9.17) is 9.47 Å². The van der Waals surface area contributed by atoms with Crippen LogP contribution in [-0.4, -0.2) is 31.1 Å². The van der Waals surface area contributed by atoms with Gasteiger partial charge in [-0.25, -0.2) is 4.79 Å². The molecule has 1 N–H and O–H groups in total. The van der Waals surface area contributed by atoms with Gasteiger partial charge in [0, 0.05) is 6.04 Å². The number of carbonyl (C=O) groups is 2. The van der Waals surface area contributed by atoms with Gasteiger partial charge in [-0.1, -0.05) is 30.3 Å². The average Bonchev–Trinajstić information content (AvgIpc) is 2.66. The van der Waals surface area contributed by atoms with E-state index in [-0.39, 0.29) is 18.6 Å². The van der Waals surface area contributed by atoms with E-state index in [1.807, 2.05) is 32.0 Å². The molecule has 26 heavy (non-hydrogen) atoms. The van der Waals surface area contributed by atoms with Crippen molar-refractivity contribution < 1.29 is 19.1 Å². The second-order valence-electron chi connectivity index (χ2n) is 6.03. The van der Waals surface area contributed by atoms with E-state index in [1.165, 1.54) is 5.56 Å². The summed E-state index contributed by atoms with van der Waals surface area (Å²) < 4.78 is 10.4.